The van der Waals surface area contributed by atoms with E-state index in [1.54, 1.807) is 10.6 Å². The van der Waals surface area contributed by atoms with Crippen molar-refractivity contribution in [3.8, 4) is 0 Å². The fourth-order valence-corrected chi connectivity index (χ4v) is 2.87. The first kappa shape index (κ1) is 12.5. The third-order valence-electron chi connectivity index (χ3n) is 4.45. The normalized spacial score (nSPS) is 16.2. The molecule has 2 aromatic heterocycles. The van der Waals surface area contributed by atoms with Crippen LogP contribution in [0, 0.1) is 0 Å². The van der Waals surface area contributed by atoms with Gasteiger partial charge in [0.2, 0.25) is 0 Å². The number of aromatic amines is 1. The van der Waals surface area contributed by atoms with Crippen molar-refractivity contribution >= 4 is 5.65 Å². The van der Waals surface area contributed by atoms with Crippen LogP contribution in [0.15, 0.2) is 16.9 Å². The summed E-state index contributed by atoms with van der Waals surface area (Å²) < 4.78 is 1.58. The zero-order valence-electron chi connectivity index (χ0n) is 11.6. The molecule has 102 valence electrons. The highest BCUT2D eigenvalue weighted by atomic mass is 16.1. The number of pyridine rings is 1. The van der Waals surface area contributed by atoms with Gasteiger partial charge in [-0.15, -0.1) is 0 Å². The van der Waals surface area contributed by atoms with E-state index in [4.69, 9.17) is 0 Å². The second-order valence-corrected chi connectivity index (χ2v) is 5.57. The molecule has 2 aromatic rings. The summed E-state index contributed by atoms with van der Waals surface area (Å²) >= 11 is 0. The number of nitrogens with one attached hydrogen (secondary N) is 1. The minimum atomic E-state index is 0.0177. The van der Waals surface area contributed by atoms with Gasteiger partial charge in [0.25, 0.3) is 5.56 Å². The van der Waals surface area contributed by atoms with E-state index in [2.05, 4.69) is 30.0 Å². The molecule has 0 bridgehead atoms. The molecule has 0 atom stereocenters. The minimum absolute atomic E-state index is 0.0177. The Labute approximate surface area is 112 Å². The maximum Gasteiger partial charge on any atom is 0.271 e. The lowest BCUT2D eigenvalue weighted by Gasteiger charge is -2.25. The zero-order valence-corrected chi connectivity index (χ0v) is 11.6. The Morgan fingerprint density at radius 2 is 2.11 bits per heavy atom. The fourth-order valence-electron chi connectivity index (χ4n) is 2.87. The van der Waals surface area contributed by atoms with Gasteiger partial charge >= 0.3 is 0 Å². The van der Waals surface area contributed by atoms with Gasteiger partial charge in [-0.1, -0.05) is 20.3 Å². The monoisotopic (exact) mass is 259 g/mol. The Bertz CT molecular complexity index is 632. The minimum Gasteiger partial charge on any atom is -0.276 e. The molecule has 4 heteroatoms. The van der Waals surface area contributed by atoms with Gasteiger partial charge in [-0.3, -0.25) is 9.89 Å². The van der Waals surface area contributed by atoms with Gasteiger partial charge in [-0.2, -0.15) is 0 Å². The molecule has 1 aliphatic rings. The highest BCUT2D eigenvalue weighted by molar-refractivity contribution is 5.42. The summed E-state index contributed by atoms with van der Waals surface area (Å²) in [5.74, 6) is 1.92. The van der Waals surface area contributed by atoms with Crippen molar-refractivity contribution in [3.05, 3.63) is 33.9 Å². The van der Waals surface area contributed by atoms with E-state index in [0.717, 1.165) is 24.3 Å². The summed E-state index contributed by atoms with van der Waals surface area (Å²) in [4.78, 5) is 16.8. The topological polar surface area (TPSA) is 50.2 Å². The summed E-state index contributed by atoms with van der Waals surface area (Å²) in [6, 6.07) is 3.85. The molecule has 0 amide bonds. The average Bonchev–Trinajstić information content (AvgIpc) is 2.73. The van der Waals surface area contributed by atoms with Crippen molar-refractivity contribution in [2.24, 2.45) is 0 Å². The van der Waals surface area contributed by atoms with Gasteiger partial charge in [-0.05, 0) is 43.2 Å². The molecule has 1 fully saturated rings. The summed E-state index contributed by atoms with van der Waals surface area (Å²) in [7, 11) is 0. The van der Waals surface area contributed by atoms with E-state index < -0.39 is 0 Å². The number of hydrogen-bond donors (Lipinski definition) is 1. The van der Waals surface area contributed by atoms with E-state index in [0.29, 0.717) is 11.8 Å². The molecule has 3 rings (SSSR count). The van der Waals surface area contributed by atoms with Crippen molar-refractivity contribution in [1.29, 1.82) is 0 Å². The number of rotatable bonds is 4. The van der Waals surface area contributed by atoms with Crippen molar-refractivity contribution in [2.75, 3.05) is 0 Å². The molecule has 0 saturated heterocycles. The van der Waals surface area contributed by atoms with Crippen LogP contribution in [0.3, 0.4) is 0 Å². The fraction of sp³-hybridized carbons (Fsp3) is 0.600. The van der Waals surface area contributed by atoms with Gasteiger partial charge in [0.05, 0.1) is 0 Å². The van der Waals surface area contributed by atoms with Gasteiger partial charge in [-0.25, -0.2) is 9.50 Å². The molecular weight excluding hydrogens is 238 g/mol. The van der Waals surface area contributed by atoms with E-state index >= 15 is 0 Å². The van der Waals surface area contributed by atoms with Crippen LogP contribution in [0.2, 0.25) is 0 Å². The standard InChI is InChI=1S/C15H21N3O/c1-3-10(4-2)15-16-13-8-12(11-6-5-7-11)9-14(19)18(13)17-15/h8-11H,3-7H2,1-2H3,(H,16,17). The van der Waals surface area contributed by atoms with E-state index in [1.165, 1.54) is 24.8 Å². The molecule has 1 aliphatic carbocycles. The van der Waals surface area contributed by atoms with Gasteiger partial charge in [0.1, 0.15) is 5.82 Å². The van der Waals surface area contributed by atoms with Crippen LogP contribution < -0.4 is 5.56 Å². The van der Waals surface area contributed by atoms with Crippen molar-refractivity contribution < 1.29 is 0 Å². The van der Waals surface area contributed by atoms with E-state index in [9.17, 15) is 4.79 Å². The number of hydrogen-bond acceptors (Lipinski definition) is 2. The molecule has 4 nitrogen and oxygen atoms in total. The molecule has 19 heavy (non-hydrogen) atoms. The third-order valence-corrected chi connectivity index (χ3v) is 4.45. The van der Waals surface area contributed by atoms with Crippen LogP contribution in [0.1, 0.15) is 69.2 Å². The predicted octanol–water partition coefficient (Wildman–Crippen LogP) is 3.19. The summed E-state index contributed by atoms with van der Waals surface area (Å²) in [6.45, 7) is 4.31. The first-order valence-corrected chi connectivity index (χ1v) is 7.35. The van der Waals surface area contributed by atoms with E-state index in [1.807, 2.05) is 0 Å². The summed E-state index contributed by atoms with van der Waals surface area (Å²) in [5, 5.41) is 3.16. The molecule has 0 aliphatic heterocycles. The largest absolute Gasteiger partial charge is 0.276 e. The van der Waals surface area contributed by atoms with Gasteiger partial charge < -0.3 is 0 Å². The Morgan fingerprint density at radius 1 is 1.37 bits per heavy atom. The molecule has 0 unspecified atom stereocenters. The molecule has 2 heterocycles. The lowest BCUT2D eigenvalue weighted by Crippen LogP contribution is -2.17. The molecule has 0 radical (unpaired) electrons. The van der Waals surface area contributed by atoms with Gasteiger partial charge in [0.15, 0.2) is 5.65 Å². The Morgan fingerprint density at radius 3 is 2.68 bits per heavy atom. The Balaban J connectivity index is 2.06. The van der Waals surface area contributed by atoms with Crippen LogP contribution >= 0.6 is 0 Å². The second kappa shape index (κ2) is 4.83. The lowest BCUT2D eigenvalue weighted by molar-refractivity contribution is 0.419. The number of nitrogens with zero attached hydrogens (tertiary/aromatic N) is 2. The SMILES string of the molecule is CCC(CC)c1nc2cc(C3CCC3)cc(=O)n2[nH]1. The second-order valence-electron chi connectivity index (χ2n) is 5.57. The first-order valence-electron chi connectivity index (χ1n) is 7.35. The average molecular weight is 259 g/mol. The first-order chi connectivity index (χ1) is 9.22. The summed E-state index contributed by atoms with van der Waals surface area (Å²) in [6.07, 6.45) is 5.78. The van der Waals surface area contributed by atoms with Crippen molar-refractivity contribution in [1.82, 2.24) is 14.6 Å². The summed E-state index contributed by atoms with van der Waals surface area (Å²) in [5.41, 5.74) is 1.96. The van der Waals surface area contributed by atoms with Crippen LogP contribution in [-0.4, -0.2) is 14.6 Å². The van der Waals surface area contributed by atoms with E-state index in [-0.39, 0.29) is 5.56 Å². The molecule has 1 saturated carbocycles. The van der Waals surface area contributed by atoms with Crippen molar-refractivity contribution in [2.45, 2.75) is 57.8 Å². The van der Waals surface area contributed by atoms with Gasteiger partial charge in [0, 0.05) is 12.0 Å². The number of H-pyrrole nitrogens is 1. The maximum atomic E-state index is 12.1. The quantitative estimate of drug-likeness (QED) is 0.916. The Hall–Kier alpha value is -1.58. The highest BCUT2D eigenvalue weighted by Crippen LogP contribution is 2.36. The highest BCUT2D eigenvalue weighted by Gasteiger charge is 2.21. The predicted molar refractivity (Wildman–Crippen MR) is 75.7 cm³/mol. The Kier molecular flexibility index (Phi) is 3.17. The number of aromatic nitrogens is 3. The van der Waals surface area contributed by atoms with Crippen LogP contribution in [0.4, 0.5) is 0 Å². The smallest absolute Gasteiger partial charge is 0.271 e. The van der Waals surface area contributed by atoms with Crippen LogP contribution in [0.5, 0.6) is 0 Å². The maximum absolute atomic E-state index is 12.1. The molecule has 1 N–H and O–H groups in total. The molecule has 0 spiro atoms. The van der Waals surface area contributed by atoms with Crippen LogP contribution in [-0.2, 0) is 0 Å². The van der Waals surface area contributed by atoms with Crippen LogP contribution in [0.25, 0.3) is 5.65 Å². The number of fused-ring (bicyclic) bond motifs is 1. The molecular formula is C15H21N3O. The zero-order chi connectivity index (χ0) is 13.4. The molecule has 0 aromatic carbocycles. The lowest BCUT2D eigenvalue weighted by atomic mass is 9.80. The van der Waals surface area contributed by atoms with Crippen molar-refractivity contribution in [3.63, 3.8) is 0 Å². The third kappa shape index (κ3) is 2.09.